The first-order valence-corrected chi connectivity index (χ1v) is 12.5. The number of carbonyl (C=O) groups excluding carboxylic acids is 1. The molecule has 0 saturated carbocycles. The van der Waals surface area contributed by atoms with Gasteiger partial charge in [-0.25, -0.2) is 13.9 Å². The number of hydrogen-bond acceptors (Lipinski definition) is 5. The molecule has 1 saturated heterocycles. The number of piperidine rings is 1. The van der Waals surface area contributed by atoms with Crippen molar-refractivity contribution in [3.8, 4) is 0 Å². The summed E-state index contributed by atoms with van der Waals surface area (Å²) in [6.45, 7) is 1.27. The van der Waals surface area contributed by atoms with Gasteiger partial charge in [-0.05, 0) is 53.3 Å². The quantitative estimate of drug-likeness (QED) is 0.389. The molecule has 2 N–H and O–H groups in total. The molecule has 1 amide bonds. The first kappa shape index (κ1) is 23.4. The third kappa shape index (κ3) is 5.59. The smallest absolute Gasteiger partial charge is 0.243 e. The minimum Gasteiger partial charge on any atom is -0.373 e. The first-order chi connectivity index (χ1) is 16.0. The molecule has 0 unspecified atom stereocenters. The van der Waals surface area contributed by atoms with Crippen LogP contribution in [0.25, 0.3) is 10.8 Å². The molecule has 4 rings (SSSR count). The fraction of sp³-hybridized carbons (Fsp3) is 0.320. The molecule has 7 nitrogen and oxygen atoms in total. The summed E-state index contributed by atoms with van der Waals surface area (Å²) >= 11 is 0. The summed E-state index contributed by atoms with van der Waals surface area (Å²) < 4.78 is 34.1. The van der Waals surface area contributed by atoms with E-state index >= 15 is 0 Å². The zero-order valence-corrected chi connectivity index (χ0v) is 19.1. The largest absolute Gasteiger partial charge is 0.373 e. The van der Waals surface area contributed by atoms with Gasteiger partial charge in [0.1, 0.15) is 0 Å². The number of nitrogens with zero attached hydrogens (tertiary/aromatic N) is 1. The second kappa shape index (κ2) is 10.4. The maximum Gasteiger partial charge on any atom is 0.243 e. The number of rotatable bonds is 8. The highest BCUT2D eigenvalue weighted by molar-refractivity contribution is 7.89. The van der Waals surface area contributed by atoms with E-state index in [0.717, 1.165) is 5.56 Å². The second-order valence-corrected chi connectivity index (χ2v) is 10.1. The Balaban J connectivity index is 1.35. The molecule has 174 valence electrons. The van der Waals surface area contributed by atoms with E-state index in [9.17, 15) is 13.2 Å². The lowest BCUT2D eigenvalue weighted by Gasteiger charge is -2.31. The van der Waals surface area contributed by atoms with Gasteiger partial charge in [-0.15, -0.1) is 0 Å². The van der Waals surface area contributed by atoms with Gasteiger partial charge >= 0.3 is 0 Å². The second-order valence-electron chi connectivity index (χ2n) is 8.24. The summed E-state index contributed by atoms with van der Waals surface area (Å²) in [6.07, 6.45) is 1.50. The van der Waals surface area contributed by atoms with Gasteiger partial charge in [0.25, 0.3) is 0 Å². The van der Waals surface area contributed by atoms with E-state index in [1.165, 1.54) is 15.1 Å². The molecule has 1 fully saturated rings. The average molecular weight is 469 g/mol. The van der Waals surface area contributed by atoms with E-state index in [-0.39, 0.29) is 23.8 Å². The van der Waals surface area contributed by atoms with Gasteiger partial charge in [0.2, 0.25) is 15.9 Å². The third-order valence-electron chi connectivity index (χ3n) is 6.04. The molecule has 1 aliphatic heterocycles. The molecule has 8 heteroatoms. The van der Waals surface area contributed by atoms with Crippen molar-refractivity contribution in [2.75, 3.05) is 13.1 Å². The molecule has 1 aliphatic rings. The van der Waals surface area contributed by atoms with E-state index < -0.39 is 15.9 Å². The Morgan fingerprint density at radius 1 is 1.00 bits per heavy atom. The van der Waals surface area contributed by atoms with Gasteiger partial charge in [-0.1, -0.05) is 54.6 Å². The lowest BCUT2D eigenvalue weighted by Crippen LogP contribution is -2.41. The number of carbonyl (C=O) groups is 1. The van der Waals surface area contributed by atoms with Crippen molar-refractivity contribution in [1.29, 1.82) is 0 Å². The normalized spacial score (nSPS) is 15.5. The number of amides is 1. The van der Waals surface area contributed by atoms with Crippen molar-refractivity contribution in [2.24, 2.45) is 0 Å². The van der Waals surface area contributed by atoms with Gasteiger partial charge in [-0.3, -0.25) is 10.0 Å². The number of ether oxygens (including phenoxy) is 1. The molecule has 0 bridgehead atoms. The first-order valence-electron chi connectivity index (χ1n) is 11.1. The SMILES string of the molecule is O=C(CCc1ccccc1S(=O)(=O)N1CCC(OCc2ccc3ccccc3c2)CC1)NO. The maximum atomic E-state index is 13.3. The van der Waals surface area contributed by atoms with Crippen LogP contribution in [0.2, 0.25) is 0 Å². The zero-order chi connectivity index (χ0) is 23.3. The number of sulfonamides is 1. The van der Waals surface area contributed by atoms with E-state index in [1.54, 1.807) is 29.7 Å². The summed E-state index contributed by atoms with van der Waals surface area (Å²) in [5.41, 5.74) is 3.25. The Kier molecular flexibility index (Phi) is 7.39. The molecule has 0 aliphatic carbocycles. The summed E-state index contributed by atoms with van der Waals surface area (Å²) in [5.74, 6) is -0.549. The van der Waals surface area contributed by atoms with Crippen LogP contribution in [-0.4, -0.2) is 43.0 Å². The van der Waals surface area contributed by atoms with Crippen molar-refractivity contribution in [2.45, 2.75) is 43.3 Å². The molecule has 3 aromatic carbocycles. The lowest BCUT2D eigenvalue weighted by atomic mass is 10.1. The van der Waals surface area contributed by atoms with Crippen molar-refractivity contribution in [3.05, 3.63) is 77.9 Å². The predicted octanol–water partition coefficient (Wildman–Crippen LogP) is 3.65. The summed E-state index contributed by atoms with van der Waals surface area (Å²) in [7, 11) is -3.68. The van der Waals surface area contributed by atoms with Crippen molar-refractivity contribution >= 4 is 26.7 Å². The van der Waals surface area contributed by atoms with Crippen LogP contribution in [0.5, 0.6) is 0 Å². The molecular formula is C25H28N2O5S. The minimum atomic E-state index is -3.68. The molecule has 0 radical (unpaired) electrons. The molecule has 33 heavy (non-hydrogen) atoms. The standard InChI is InChI=1S/C25H28N2O5S/c28-25(26-29)12-11-21-6-3-4-8-24(21)33(30,31)27-15-13-23(14-16-27)32-18-19-9-10-20-5-1-2-7-22(20)17-19/h1-10,17,23,29H,11-16,18H2,(H,26,28). The van der Waals surface area contributed by atoms with Gasteiger partial charge in [0.05, 0.1) is 17.6 Å². The molecule has 0 aromatic heterocycles. The van der Waals surface area contributed by atoms with Crippen LogP contribution in [-0.2, 0) is 32.6 Å². The number of nitrogens with one attached hydrogen (secondary N) is 1. The van der Waals surface area contributed by atoms with E-state index in [1.807, 2.05) is 12.1 Å². The topological polar surface area (TPSA) is 95.9 Å². The molecule has 3 aromatic rings. The van der Waals surface area contributed by atoms with Crippen molar-refractivity contribution in [3.63, 3.8) is 0 Å². The van der Waals surface area contributed by atoms with Crippen LogP contribution in [0.1, 0.15) is 30.4 Å². The van der Waals surface area contributed by atoms with Crippen LogP contribution >= 0.6 is 0 Å². The van der Waals surface area contributed by atoms with Gasteiger partial charge < -0.3 is 4.74 Å². The number of hydroxylamine groups is 1. The highest BCUT2D eigenvalue weighted by atomic mass is 32.2. The van der Waals surface area contributed by atoms with Crippen LogP contribution in [0.3, 0.4) is 0 Å². The fourth-order valence-electron chi connectivity index (χ4n) is 4.19. The molecule has 0 atom stereocenters. The van der Waals surface area contributed by atoms with Crippen LogP contribution in [0, 0.1) is 0 Å². The van der Waals surface area contributed by atoms with Crippen LogP contribution in [0.4, 0.5) is 0 Å². The Morgan fingerprint density at radius 2 is 1.70 bits per heavy atom. The van der Waals surface area contributed by atoms with Gasteiger partial charge in [-0.2, -0.15) is 4.31 Å². The fourth-order valence-corrected chi connectivity index (χ4v) is 5.91. The van der Waals surface area contributed by atoms with Crippen LogP contribution < -0.4 is 5.48 Å². The van der Waals surface area contributed by atoms with Crippen molar-refractivity contribution < 1.29 is 23.2 Å². The van der Waals surface area contributed by atoms with E-state index in [2.05, 4.69) is 30.3 Å². The van der Waals surface area contributed by atoms with E-state index in [4.69, 9.17) is 9.94 Å². The molecular weight excluding hydrogens is 440 g/mol. The Bertz CT molecular complexity index is 1220. The third-order valence-corrected chi connectivity index (χ3v) is 8.04. The summed E-state index contributed by atoms with van der Waals surface area (Å²) in [4.78, 5) is 11.6. The zero-order valence-electron chi connectivity index (χ0n) is 18.3. The predicted molar refractivity (Wildman–Crippen MR) is 125 cm³/mol. The highest BCUT2D eigenvalue weighted by Gasteiger charge is 2.31. The van der Waals surface area contributed by atoms with Crippen molar-refractivity contribution in [1.82, 2.24) is 9.79 Å². The molecule has 0 spiro atoms. The molecule has 1 heterocycles. The Labute approximate surface area is 194 Å². The van der Waals surface area contributed by atoms with E-state index in [0.29, 0.717) is 38.1 Å². The van der Waals surface area contributed by atoms with Gasteiger partial charge in [0, 0.05) is 19.5 Å². The number of fused-ring (bicyclic) bond motifs is 1. The summed E-state index contributed by atoms with van der Waals surface area (Å²) in [6, 6.07) is 21.2. The van der Waals surface area contributed by atoms with Crippen LogP contribution in [0.15, 0.2) is 71.6 Å². The highest BCUT2D eigenvalue weighted by Crippen LogP contribution is 2.26. The average Bonchev–Trinajstić information content (AvgIpc) is 2.86. The number of benzene rings is 3. The summed E-state index contributed by atoms with van der Waals surface area (Å²) in [5, 5.41) is 11.1. The minimum absolute atomic E-state index is 0.00594. The Hall–Kier alpha value is -2.78. The number of hydrogen-bond donors (Lipinski definition) is 2. The maximum absolute atomic E-state index is 13.3. The van der Waals surface area contributed by atoms with Gasteiger partial charge in [0.15, 0.2) is 0 Å². The monoisotopic (exact) mass is 468 g/mol. The lowest BCUT2D eigenvalue weighted by molar-refractivity contribution is -0.129. The number of aryl methyl sites for hydroxylation is 1. The Morgan fingerprint density at radius 3 is 2.45 bits per heavy atom.